The van der Waals surface area contributed by atoms with Gasteiger partial charge >= 0.3 is 0 Å². The molecular formula is C12H16N4. The highest BCUT2D eigenvalue weighted by Crippen LogP contribution is 2.27. The molecule has 0 radical (unpaired) electrons. The summed E-state index contributed by atoms with van der Waals surface area (Å²) in [4.78, 5) is 6.58. The van der Waals surface area contributed by atoms with Gasteiger partial charge in [-0.15, -0.1) is 0 Å². The quantitative estimate of drug-likeness (QED) is 0.594. The number of anilines is 2. The van der Waals surface area contributed by atoms with Crippen molar-refractivity contribution in [1.29, 1.82) is 0 Å². The summed E-state index contributed by atoms with van der Waals surface area (Å²) in [6.07, 6.45) is 0. The third kappa shape index (κ3) is 1.79. The molecule has 0 bridgehead atoms. The maximum absolute atomic E-state index is 5.41. The van der Waals surface area contributed by atoms with Crippen LogP contribution < -0.4 is 16.2 Å². The molecule has 2 aromatic rings. The first-order chi connectivity index (χ1) is 7.61. The highest BCUT2D eigenvalue weighted by Gasteiger charge is 2.06. The molecule has 0 aliphatic carbocycles. The third-order valence-corrected chi connectivity index (χ3v) is 2.56. The number of pyridine rings is 1. The van der Waals surface area contributed by atoms with Crippen LogP contribution >= 0.6 is 0 Å². The number of aryl methyl sites for hydroxylation is 1. The van der Waals surface area contributed by atoms with Crippen LogP contribution in [0.15, 0.2) is 24.3 Å². The van der Waals surface area contributed by atoms with Crippen molar-refractivity contribution in [2.24, 2.45) is 5.84 Å². The molecule has 0 atom stereocenters. The number of hydrogen-bond acceptors (Lipinski definition) is 4. The Kier molecular flexibility index (Phi) is 2.66. The van der Waals surface area contributed by atoms with Gasteiger partial charge in [0.15, 0.2) is 0 Å². The summed E-state index contributed by atoms with van der Waals surface area (Å²) in [5, 5.41) is 1.10. The van der Waals surface area contributed by atoms with Crippen molar-refractivity contribution < 1.29 is 0 Å². The fourth-order valence-electron chi connectivity index (χ4n) is 1.80. The fraction of sp³-hybridized carbons (Fsp3) is 0.250. The van der Waals surface area contributed by atoms with Crippen molar-refractivity contribution in [2.75, 3.05) is 24.4 Å². The van der Waals surface area contributed by atoms with Crippen molar-refractivity contribution in [1.82, 2.24) is 4.98 Å². The number of hydrogen-bond donors (Lipinski definition) is 2. The number of nitrogen functional groups attached to an aromatic ring is 1. The van der Waals surface area contributed by atoms with E-state index in [1.807, 2.05) is 39.2 Å². The largest absolute Gasteiger partial charge is 0.377 e. The Morgan fingerprint density at radius 1 is 1.25 bits per heavy atom. The minimum Gasteiger partial charge on any atom is -0.377 e. The molecule has 3 N–H and O–H groups in total. The predicted octanol–water partition coefficient (Wildman–Crippen LogP) is 1.89. The molecule has 4 nitrogen and oxygen atoms in total. The topological polar surface area (TPSA) is 54.2 Å². The zero-order chi connectivity index (χ0) is 11.7. The summed E-state index contributed by atoms with van der Waals surface area (Å²) in [6.45, 7) is 2.00. The summed E-state index contributed by atoms with van der Waals surface area (Å²) in [5.41, 5.74) is 6.70. The van der Waals surface area contributed by atoms with Crippen LogP contribution in [-0.4, -0.2) is 19.1 Å². The van der Waals surface area contributed by atoms with Crippen molar-refractivity contribution >= 4 is 22.3 Å². The van der Waals surface area contributed by atoms with Crippen molar-refractivity contribution in [3.05, 3.63) is 30.0 Å². The number of benzene rings is 1. The van der Waals surface area contributed by atoms with E-state index >= 15 is 0 Å². The molecule has 16 heavy (non-hydrogen) atoms. The van der Waals surface area contributed by atoms with Crippen LogP contribution in [0.2, 0.25) is 0 Å². The molecule has 1 aromatic heterocycles. The van der Waals surface area contributed by atoms with Gasteiger partial charge < -0.3 is 10.3 Å². The molecule has 0 unspecified atom stereocenters. The van der Waals surface area contributed by atoms with E-state index in [4.69, 9.17) is 5.84 Å². The SMILES string of the molecule is Cc1cc(N(C)C)c2cc(NN)ccc2n1. The van der Waals surface area contributed by atoms with Gasteiger partial charge in [0, 0.05) is 36.6 Å². The van der Waals surface area contributed by atoms with Crippen LogP contribution in [0.1, 0.15) is 5.69 Å². The Morgan fingerprint density at radius 3 is 2.62 bits per heavy atom. The summed E-state index contributed by atoms with van der Waals surface area (Å²) >= 11 is 0. The molecule has 84 valence electrons. The van der Waals surface area contributed by atoms with Crippen molar-refractivity contribution in [2.45, 2.75) is 6.92 Å². The molecule has 0 saturated carbocycles. The van der Waals surface area contributed by atoms with Crippen molar-refractivity contribution in [3.63, 3.8) is 0 Å². The monoisotopic (exact) mass is 216 g/mol. The molecule has 0 amide bonds. The van der Waals surface area contributed by atoms with Gasteiger partial charge in [0.25, 0.3) is 0 Å². The number of fused-ring (bicyclic) bond motifs is 1. The zero-order valence-corrected chi connectivity index (χ0v) is 9.78. The van der Waals surface area contributed by atoms with Gasteiger partial charge in [0.2, 0.25) is 0 Å². The second-order valence-electron chi connectivity index (χ2n) is 4.05. The van der Waals surface area contributed by atoms with Crippen molar-refractivity contribution in [3.8, 4) is 0 Å². The maximum Gasteiger partial charge on any atom is 0.0727 e. The first-order valence-electron chi connectivity index (χ1n) is 5.17. The Bertz CT molecular complexity index is 520. The summed E-state index contributed by atoms with van der Waals surface area (Å²) in [5.74, 6) is 5.41. The van der Waals surface area contributed by atoms with E-state index in [2.05, 4.69) is 21.4 Å². The molecule has 2 rings (SSSR count). The van der Waals surface area contributed by atoms with Crippen LogP contribution in [0.5, 0.6) is 0 Å². The third-order valence-electron chi connectivity index (χ3n) is 2.56. The minimum absolute atomic E-state index is 0.890. The molecule has 1 heterocycles. The van der Waals surface area contributed by atoms with Crippen LogP contribution in [0, 0.1) is 6.92 Å². The van der Waals surface area contributed by atoms with E-state index < -0.39 is 0 Å². The number of rotatable bonds is 2. The molecule has 0 aliphatic rings. The number of aromatic nitrogens is 1. The lowest BCUT2D eigenvalue weighted by molar-refractivity contribution is 1.12. The number of nitrogens with zero attached hydrogens (tertiary/aromatic N) is 2. The van der Waals surface area contributed by atoms with Gasteiger partial charge in [-0.1, -0.05) is 0 Å². The van der Waals surface area contributed by atoms with E-state index in [1.54, 1.807) is 0 Å². The highest BCUT2D eigenvalue weighted by atomic mass is 15.2. The van der Waals surface area contributed by atoms with E-state index in [0.29, 0.717) is 0 Å². The molecule has 0 saturated heterocycles. The number of nitrogens with two attached hydrogens (primary N) is 1. The van der Waals surface area contributed by atoms with Gasteiger partial charge in [-0.3, -0.25) is 10.8 Å². The predicted molar refractivity (Wildman–Crippen MR) is 68.6 cm³/mol. The minimum atomic E-state index is 0.890. The Balaban J connectivity index is 2.75. The van der Waals surface area contributed by atoms with E-state index in [1.165, 1.54) is 0 Å². The Hall–Kier alpha value is -1.81. The second-order valence-corrected chi connectivity index (χ2v) is 4.05. The van der Waals surface area contributed by atoms with Gasteiger partial charge in [0.05, 0.1) is 5.52 Å². The molecule has 0 fully saturated rings. The molecule has 0 aliphatic heterocycles. The molecule has 0 spiro atoms. The fourth-order valence-corrected chi connectivity index (χ4v) is 1.80. The number of hydrazine groups is 1. The second kappa shape index (κ2) is 3.98. The Morgan fingerprint density at radius 2 is 2.00 bits per heavy atom. The standard InChI is InChI=1S/C12H16N4/c1-8-6-12(16(2)3)10-7-9(15-13)4-5-11(10)14-8/h4-7,15H,13H2,1-3H3. The molecular weight excluding hydrogens is 200 g/mol. The normalized spacial score (nSPS) is 10.5. The Labute approximate surface area is 95.0 Å². The lowest BCUT2D eigenvalue weighted by Crippen LogP contribution is -2.11. The maximum atomic E-state index is 5.41. The lowest BCUT2D eigenvalue weighted by atomic mass is 10.1. The van der Waals surface area contributed by atoms with Gasteiger partial charge in [-0.05, 0) is 31.2 Å². The van der Waals surface area contributed by atoms with Crippen LogP contribution in [-0.2, 0) is 0 Å². The summed E-state index contributed by atoms with van der Waals surface area (Å²) in [7, 11) is 4.05. The first kappa shape index (κ1) is 10.7. The average Bonchev–Trinajstić information content (AvgIpc) is 2.27. The van der Waals surface area contributed by atoms with Gasteiger partial charge in [0.1, 0.15) is 0 Å². The highest BCUT2D eigenvalue weighted by molar-refractivity contribution is 5.94. The van der Waals surface area contributed by atoms with Gasteiger partial charge in [-0.2, -0.15) is 0 Å². The lowest BCUT2D eigenvalue weighted by Gasteiger charge is -2.16. The number of nitrogens with one attached hydrogen (secondary N) is 1. The molecule has 1 aromatic carbocycles. The van der Waals surface area contributed by atoms with Crippen LogP contribution in [0.25, 0.3) is 10.9 Å². The smallest absolute Gasteiger partial charge is 0.0727 e. The average molecular weight is 216 g/mol. The van der Waals surface area contributed by atoms with Gasteiger partial charge in [-0.25, -0.2) is 0 Å². The molecule has 4 heteroatoms. The summed E-state index contributed by atoms with van der Waals surface area (Å²) < 4.78 is 0. The van der Waals surface area contributed by atoms with E-state index in [-0.39, 0.29) is 0 Å². The summed E-state index contributed by atoms with van der Waals surface area (Å²) in [6, 6.07) is 7.98. The first-order valence-corrected chi connectivity index (χ1v) is 5.17. The van der Waals surface area contributed by atoms with E-state index in [0.717, 1.165) is 28.0 Å². The van der Waals surface area contributed by atoms with Crippen LogP contribution in [0.4, 0.5) is 11.4 Å². The van der Waals surface area contributed by atoms with E-state index in [9.17, 15) is 0 Å². The van der Waals surface area contributed by atoms with Crippen LogP contribution in [0.3, 0.4) is 0 Å². The zero-order valence-electron chi connectivity index (χ0n) is 9.78.